The van der Waals surface area contributed by atoms with Gasteiger partial charge in [-0.05, 0) is 90.9 Å². The van der Waals surface area contributed by atoms with Crippen LogP contribution in [0.3, 0.4) is 0 Å². The van der Waals surface area contributed by atoms with Crippen molar-refractivity contribution in [1.29, 1.82) is 0 Å². The van der Waals surface area contributed by atoms with Gasteiger partial charge in [0.25, 0.3) is 0 Å². The first kappa shape index (κ1) is 35.8. The van der Waals surface area contributed by atoms with E-state index < -0.39 is 11.9 Å². The monoisotopic (exact) mass is 668 g/mol. The number of allylic oxidation sites excluding steroid dienone is 1. The quantitative estimate of drug-likeness (QED) is 0.253. The minimum Gasteiger partial charge on any atom is -0.481 e. The molecule has 3 saturated carbocycles. The lowest BCUT2D eigenvalue weighted by Gasteiger charge is -2.71. The summed E-state index contributed by atoms with van der Waals surface area (Å²) in [5.74, 6) is 0.714. The first-order chi connectivity index (χ1) is 22.3. The van der Waals surface area contributed by atoms with E-state index in [0.29, 0.717) is 43.5 Å². The summed E-state index contributed by atoms with van der Waals surface area (Å²) >= 11 is 0. The van der Waals surface area contributed by atoms with E-state index in [0.717, 1.165) is 38.5 Å². The minimum atomic E-state index is -0.618. The number of ether oxygens (including phenoxy) is 2. The van der Waals surface area contributed by atoms with Crippen LogP contribution in [0.5, 0.6) is 0 Å². The average molecular weight is 668 g/mol. The standard InChI is InChI=1S/C39H65N5O4/c1-23(2)24(3)35(7)16-17-37(9)25-12-13-28-36(8)20-47-21-39(28,26(25)14-15-38(37,10)30(35)32(45)46)18-27(44-22-42-33(40)43-44)31(36)48-19-29(41-11)34(4,5)6/h14,22-25,27-31,41H,12-13,15-21H2,1-11H3,(H2,40,43)(H,45,46)/t24-,25+,27-,28+,29+,30-,31+,35-,36+,37-,38+,39?/m1/s1. The number of carboxylic acids is 1. The molecular weight excluding hydrogens is 602 g/mol. The van der Waals surface area contributed by atoms with Crippen LogP contribution < -0.4 is 11.1 Å². The van der Waals surface area contributed by atoms with Crippen molar-refractivity contribution in [2.75, 3.05) is 32.6 Å². The third-order valence-electron chi connectivity index (χ3n) is 15.8. The van der Waals surface area contributed by atoms with E-state index in [1.165, 1.54) is 5.57 Å². The molecule has 4 fully saturated rings. The Morgan fingerprint density at radius 2 is 1.85 bits per heavy atom. The predicted molar refractivity (Wildman–Crippen MR) is 189 cm³/mol. The number of likely N-dealkylation sites (N-methyl/N-ethyl adjacent to an activating group) is 1. The summed E-state index contributed by atoms with van der Waals surface area (Å²) < 4.78 is 15.8. The topological polar surface area (TPSA) is 125 Å². The molecule has 0 radical (unpaired) electrons. The fourth-order valence-corrected chi connectivity index (χ4v) is 12.6. The van der Waals surface area contributed by atoms with Crippen molar-refractivity contribution >= 4 is 11.9 Å². The fourth-order valence-electron chi connectivity index (χ4n) is 12.6. The van der Waals surface area contributed by atoms with E-state index in [9.17, 15) is 9.90 Å². The molecule has 2 heterocycles. The van der Waals surface area contributed by atoms with Crippen molar-refractivity contribution < 1.29 is 19.4 Å². The van der Waals surface area contributed by atoms with Crippen LogP contribution in [0, 0.1) is 62.1 Å². The lowest BCUT2D eigenvalue weighted by molar-refractivity contribution is -0.251. The Labute approximate surface area is 289 Å². The van der Waals surface area contributed by atoms with Crippen LogP contribution in [0.1, 0.15) is 114 Å². The lowest BCUT2D eigenvalue weighted by Crippen LogP contribution is -2.69. The SMILES string of the molecule is CN[C@@H](CO[C@H]1[C@H](n2cnc(N)n2)CC23COC[C@@]1(C)[C@@H]2CC[C@H]1C3=CC[C@@]2(C)[C@H](C(=O)O)[C@@](C)([C@H](C)C(C)C)CC[C@]12C)C(C)(C)C. The highest BCUT2D eigenvalue weighted by Crippen LogP contribution is 2.75. The molecule has 9 nitrogen and oxygen atoms in total. The zero-order valence-corrected chi connectivity index (χ0v) is 31.7. The van der Waals surface area contributed by atoms with Gasteiger partial charge in [-0.3, -0.25) is 4.79 Å². The summed E-state index contributed by atoms with van der Waals surface area (Å²) in [5.41, 5.74) is 6.55. The van der Waals surface area contributed by atoms with Crippen LogP contribution in [0.4, 0.5) is 5.95 Å². The number of fused-ring (bicyclic) bond motifs is 3. The summed E-state index contributed by atoms with van der Waals surface area (Å²) in [4.78, 5) is 17.8. The second-order valence-corrected chi connectivity index (χ2v) is 19.2. The summed E-state index contributed by atoms with van der Waals surface area (Å²) in [7, 11) is 2.02. The number of nitrogens with one attached hydrogen (secondary N) is 1. The van der Waals surface area contributed by atoms with Gasteiger partial charge in [0.05, 0.1) is 37.9 Å². The number of aliphatic carboxylic acids is 1. The summed E-state index contributed by atoms with van der Waals surface area (Å²) in [6, 6.07) is 0.136. The molecular formula is C39H65N5O4. The molecule has 1 aromatic rings. The normalized spacial score (nSPS) is 43.8. The molecule has 0 aromatic carbocycles. The van der Waals surface area contributed by atoms with E-state index in [2.05, 4.69) is 85.6 Å². The van der Waals surface area contributed by atoms with Crippen molar-refractivity contribution in [3.05, 3.63) is 18.0 Å². The van der Waals surface area contributed by atoms with Crippen molar-refractivity contribution in [3.63, 3.8) is 0 Å². The van der Waals surface area contributed by atoms with Crippen LogP contribution in [0.15, 0.2) is 18.0 Å². The van der Waals surface area contributed by atoms with Crippen LogP contribution in [-0.4, -0.2) is 64.9 Å². The highest BCUT2D eigenvalue weighted by Gasteiger charge is 2.72. The summed E-state index contributed by atoms with van der Waals surface area (Å²) in [5, 5.41) is 19.3. The van der Waals surface area contributed by atoms with E-state index in [4.69, 9.17) is 20.3 Å². The average Bonchev–Trinajstić information content (AvgIpc) is 3.43. The Bertz CT molecular complexity index is 1420. The minimum absolute atomic E-state index is 0.0359. The number of nitrogens with two attached hydrogens (primary N) is 1. The zero-order valence-electron chi connectivity index (χ0n) is 31.7. The van der Waals surface area contributed by atoms with Gasteiger partial charge in [-0.25, -0.2) is 9.67 Å². The highest BCUT2D eigenvalue weighted by atomic mass is 16.5. The van der Waals surface area contributed by atoms with Gasteiger partial charge in [0.1, 0.15) is 6.33 Å². The molecule has 48 heavy (non-hydrogen) atoms. The number of hydrogen-bond donors (Lipinski definition) is 3. The molecule has 5 aliphatic rings. The Kier molecular flexibility index (Phi) is 8.81. The maximum atomic E-state index is 13.4. The summed E-state index contributed by atoms with van der Waals surface area (Å²) in [6.45, 7) is 24.9. The Hall–Kier alpha value is -1.97. The molecule has 4 N–H and O–H groups in total. The van der Waals surface area contributed by atoms with E-state index in [1.54, 1.807) is 6.33 Å². The van der Waals surface area contributed by atoms with Gasteiger partial charge in [0, 0.05) is 16.9 Å². The second kappa shape index (κ2) is 11.8. The fraction of sp³-hybridized carbons (Fsp3) is 0.872. The Morgan fingerprint density at radius 1 is 1.15 bits per heavy atom. The summed E-state index contributed by atoms with van der Waals surface area (Å²) in [6.07, 6.45) is 9.98. The maximum absolute atomic E-state index is 13.4. The number of aromatic nitrogens is 3. The molecule has 0 amide bonds. The van der Waals surface area contributed by atoms with Gasteiger partial charge in [-0.1, -0.05) is 80.9 Å². The molecule has 2 bridgehead atoms. The van der Waals surface area contributed by atoms with Gasteiger partial charge in [0.15, 0.2) is 0 Å². The zero-order chi connectivity index (χ0) is 35.2. The van der Waals surface area contributed by atoms with Crippen molar-refractivity contribution in [2.24, 2.45) is 62.1 Å². The number of anilines is 1. The number of nitrogen functional groups attached to an aromatic ring is 1. The molecule has 6 rings (SSSR count). The number of nitrogens with zero attached hydrogens (tertiary/aromatic N) is 3. The maximum Gasteiger partial charge on any atom is 0.307 e. The van der Waals surface area contributed by atoms with E-state index in [1.807, 2.05) is 11.7 Å². The Morgan fingerprint density at radius 3 is 2.44 bits per heavy atom. The third-order valence-corrected chi connectivity index (χ3v) is 15.8. The van der Waals surface area contributed by atoms with Gasteiger partial charge in [-0.2, -0.15) is 0 Å². The molecule has 4 aliphatic carbocycles. The number of carbonyl (C=O) groups is 1. The van der Waals surface area contributed by atoms with Crippen LogP contribution in [0.2, 0.25) is 0 Å². The molecule has 0 spiro atoms. The van der Waals surface area contributed by atoms with Gasteiger partial charge < -0.3 is 25.6 Å². The van der Waals surface area contributed by atoms with Crippen LogP contribution in [0.25, 0.3) is 0 Å². The van der Waals surface area contributed by atoms with Crippen molar-refractivity contribution in [3.8, 4) is 0 Å². The number of rotatable bonds is 8. The van der Waals surface area contributed by atoms with Gasteiger partial charge in [0.2, 0.25) is 5.95 Å². The molecule has 1 saturated heterocycles. The molecule has 9 heteroatoms. The third kappa shape index (κ3) is 4.97. The van der Waals surface area contributed by atoms with Crippen molar-refractivity contribution in [2.45, 2.75) is 126 Å². The molecule has 1 unspecified atom stereocenters. The highest BCUT2D eigenvalue weighted by molar-refractivity contribution is 5.73. The first-order valence-corrected chi connectivity index (χ1v) is 18.8. The Balaban J connectivity index is 1.43. The van der Waals surface area contributed by atoms with Gasteiger partial charge in [-0.15, -0.1) is 5.10 Å². The number of hydrogen-bond acceptors (Lipinski definition) is 7. The van der Waals surface area contributed by atoms with E-state index >= 15 is 0 Å². The molecule has 270 valence electrons. The lowest BCUT2D eigenvalue weighted by atomic mass is 9.34. The predicted octanol–water partition coefficient (Wildman–Crippen LogP) is 7.01. The molecule has 1 aromatic heterocycles. The van der Waals surface area contributed by atoms with E-state index in [-0.39, 0.29) is 56.6 Å². The van der Waals surface area contributed by atoms with Crippen LogP contribution >= 0.6 is 0 Å². The number of carboxylic acid groups (broad SMARTS) is 1. The smallest absolute Gasteiger partial charge is 0.307 e. The van der Waals surface area contributed by atoms with Crippen LogP contribution in [-0.2, 0) is 14.3 Å². The largest absolute Gasteiger partial charge is 0.481 e. The van der Waals surface area contributed by atoms with Crippen molar-refractivity contribution in [1.82, 2.24) is 20.1 Å². The molecule has 1 aliphatic heterocycles. The molecule has 12 atom stereocenters. The second-order valence-electron chi connectivity index (χ2n) is 19.2. The van der Waals surface area contributed by atoms with Gasteiger partial charge >= 0.3 is 5.97 Å². The first-order valence-electron chi connectivity index (χ1n) is 18.8.